The zero-order chi connectivity index (χ0) is 15.7. The molecule has 0 aromatic carbocycles. The predicted octanol–water partition coefficient (Wildman–Crippen LogP) is 3.43. The molecule has 1 fully saturated rings. The fraction of sp³-hybridized carbons (Fsp3) is 0.667. The average Bonchev–Trinajstić information content (AvgIpc) is 3.11. The van der Waals surface area contributed by atoms with Crippen molar-refractivity contribution >= 4 is 28.0 Å². The maximum atomic E-state index is 5.97. The van der Waals surface area contributed by atoms with E-state index in [1.165, 1.54) is 16.4 Å². The average molecular weight is 339 g/mol. The summed E-state index contributed by atoms with van der Waals surface area (Å²) in [5, 5.41) is 2.07. The fourth-order valence-corrected chi connectivity index (χ4v) is 4.19. The Hall–Kier alpha value is -1.05. The van der Waals surface area contributed by atoms with E-state index in [0.717, 1.165) is 42.1 Å². The fourth-order valence-electron chi connectivity index (χ4n) is 2.70. The summed E-state index contributed by atoms with van der Waals surface area (Å²) in [6.45, 7) is 11.0. The van der Waals surface area contributed by atoms with Crippen LogP contribution in [0.25, 0.3) is 0 Å². The van der Waals surface area contributed by atoms with Gasteiger partial charge in [-0.15, -0.1) is 11.3 Å². The Bertz CT molecular complexity index is 637. The van der Waals surface area contributed by atoms with Crippen molar-refractivity contribution in [3.05, 3.63) is 21.9 Å². The molecule has 7 heteroatoms. The number of ether oxygens (including phenoxy) is 1. The first-order valence-electron chi connectivity index (χ1n) is 7.49. The predicted molar refractivity (Wildman–Crippen MR) is 90.7 cm³/mol. The van der Waals surface area contributed by atoms with Gasteiger partial charge in [-0.05, 0) is 25.7 Å². The third-order valence-electron chi connectivity index (χ3n) is 3.70. The smallest absolute Gasteiger partial charge is 0.205 e. The first-order valence-corrected chi connectivity index (χ1v) is 9.08. The van der Waals surface area contributed by atoms with Crippen molar-refractivity contribution in [2.24, 2.45) is 5.41 Å². The maximum Gasteiger partial charge on any atom is 0.205 e. The molecule has 2 aromatic rings. The van der Waals surface area contributed by atoms with E-state index >= 15 is 0 Å². The van der Waals surface area contributed by atoms with Gasteiger partial charge in [-0.3, -0.25) is 0 Å². The molecule has 0 amide bonds. The molecular formula is C15H22N4OS2. The molecule has 0 N–H and O–H groups in total. The molecule has 1 aliphatic rings. The third-order valence-corrected chi connectivity index (χ3v) is 5.46. The van der Waals surface area contributed by atoms with Crippen LogP contribution in [-0.4, -0.2) is 33.6 Å². The van der Waals surface area contributed by atoms with E-state index in [-0.39, 0.29) is 11.5 Å². The van der Waals surface area contributed by atoms with Gasteiger partial charge in [0, 0.05) is 29.2 Å². The molecule has 1 unspecified atom stereocenters. The van der Waals surface area contributed by atoms with Crippen LogP contribution in [0.4, 0.5) is 5.13 Å². The van der Waals surface area contributed by atoms with Crippen molar-refractivity contribution in [1.82, 2.24) is 14.3 Å². The number of hydrogen-bond donors (Lipinski definition) is 0. The molecule has 1 atom stereocenters. The maximum absolute atomic E-state index is 5.97. The van der Waals surface area contributed by atoms with Gasteiger partial charge in [0.15, 0.2) is 0 Å². The van der Waals surface area contributed by atoms with Gasteiger partial charge in [-0.25, -0.2) is 9.97 Å². The minimum atomic E-state index is 0.250. The Labute approximate surface area is 139 Å². The minimum absolute atomic E-state index is 0.250. The minimum Gasteiger partial charge on any atom is -0.376 e. The van der Waals surface area contributed by atoms with Gasteiger partial charge in [-0.2, -0.15) is 4.37 Å². The lowest BCUT2D eigenvalue weighted by Crippen LogP contribution is -2.32. The van der Waals surface area contributed by atoms with E-state index in [1.54, 1.807) is 11.3 Å². The van der Waals surface area contributed by atoms with Gasteiger partial charge in [0.05, 0.1) is 19.3 Å². The summed E-state index contributed by atoms with van der Waals surface area (Å²) in [5.74, 6) is 0.827. The number of thiazole rings is 1. The van der Waals surface area contributed by atoms with Crippen molar-refractivity contribution in [3.8, 4) is 0 Å². The second kappa shape index (κ2) is 6.22. The van der Waals surface area contributed by atoms with Gasteiger partial charge in [0.2, 0.25) is 5.13 Å². The number of rotatable bonds is 5. The highest BCUT2D eigenvalue weighted by molar-refractivity contribution is 7.11. The molecule has 120 valence electrons. The van der Waals surface area contributed by atoms with E-state index in [0.29, 0.717) is 0 Å². The van der Waals surface area contributed by atoms with Gasteiger partial charge in [0.25, 0.3) is 0 Å². The molecule has 2 aromatic heterocycles. The second-order valence-electron chi connectivity index (χ2n) is 6.67. The van der Waals surface area contributed by atoms with Crippen LogP contribution in [0.3, 0.4) is 0 Å². The summed E-state index contributed by atoms with van der Waals surface area (Å²) in [5.41, 5.74) is 0.269. The van der Waals surface area contributed by atoms with Gasteiger partial charge in [0.1, 0.15) is 10.8 Å². The van der Waals surface area contributed by atoms with Crippen LogP contribution in [0, 0.1) is 19.3 Å². The Morgan fingerprint density at radius 1 is 1.41 bits per heavy atom. The van der Waals surface area contributed by atoms with E-state index in [4.69, 9.17) is 4.74 Å². The van der Waals surface area contributed by atoms with E-state index < -0.39 is 0 Å². The Kier molecular flexibility index (Phi) is 4.47. The summed E-state index contributed by atoms with van der Waals surface area (Å²) in [7, 11) is 0. The summed E-state index contributed by atoms with van der Waals surface area (Å²) in [4.78, 5) is 12.5. The molecule has 0 bridgehead atoms. The lowest BCUT2D eigenvalue weighted by Gasteiger charge is -2.24. The SMILES string of the molecule is Cc1nsc(N(Cc2ncc(C)s2)CC2CC(C)(C)CO2)n1. The Morgan fingerprint density at radius 2 is 2.23 bits per heavy atom. The van der Waals surface area contributed by atoms with E-state index in [2.05, 4.69) is 40.0 Å². The highest BCUT2D eigenvalue weighted by atomic mass is 32.1. The molecule has 0 aliphatic carbocycles. The van der Waals surface area contributed by atoms with Gasteiger partial charge >= 0.3 is 0 Å². The number of hydrogen-bond acceptors (Lipinski definition) is 7. The lowest BCUT2D eigenvalue weighted by atomic mass is 9.90. The van der Waals surface area contributed by atoms with Crippen molar-refractivity contribution < 1.29 is 4.74 Å². The van der Waals surface area contributed by atoms with Crippen LogP contribution >= 0.6 is 22.9 Å². The molecule has 1 saturated heterocycles. The van der Waals surface area contributed by atoms with Gasteiger partial charge in [-0.1, -0.05) is 13.8 Å². The largest absolute Gasteiger partial charge is 0.376 e. The summed E-state index contributed by atoms with van der Waals surface area (Å²) in [6.07, 6.45) is 3.26. The molecule has 3 rings (SSSR count). The monoisotopic (exact) mass is 338 g/mol. The van der Waals surface area contributed by atoms with Crippen LogP contribution in [0.5, 0.6) is 0 Å². The zero-order valence-electron chi connectivity index (χ0n) is 13.5. The third kappa shape index (κ3) is 3.83. The first-order chi connectivity index (χ1) is 10.4. The quantitative estimate of drug-likeness (QED) is 0.836. The summed E-state index contributed by atoms with van der Waals surface area (Å²) in [6, 6.07) is 0. The Balaban J connectivity index is 1.74. The van der Waals surface area contributed by atoms with E-state index in [9.17, 15) is 0 Å². The summed E-state index contributed by atoms with van der Waals surface area (Å²) >= 11 is 3.19. The topological polar surface area (TPSA) is 51.1 Å². The highest BCUT2D eigenvalue weighted by Gasteiger charge is 2.33. The molecule has 3 heterocycles. The second-order valence-corrected chi connectivity index (χ2v) is 8.72. The number of anilines is 1. The highest BCUT2D eigenvalue weighted by Crippen LogP contribution is 2.33. The van der Waals surface area contributed by atoms with Crippen LogP contribution in [-0.2, 0) is 11.3 Å². The van der Waals surface area contributed by atoms with Crippen molar-refractivity contribution in [3.63, 3.8) is 0 Å². The van der Waals surface area contributed by atoms with Crippen LogP contribution in [0.2, 0.25) is 0 Å². The molecule has 0 radical (unpaired) electrons. The number of aromatic nitrogens is 3. The summed E-state index contributed by atoms with van der Waals surface area (Å²) < 4.78 is 10.3. The van der Waals surface area contributed by atoms with Gasteiger partial charge < -0.3 is 9.64 Å². The molecule has 22 heavy (non-hydrogen) atoms. The normalized spacial score (nSPS) is 20.5. The van der Waals surface area contributed by atoms with E-state index in [1.807, 2.05) is 13.1 Å². The molecule has 0 spiro atoms. The Morgan fingerprint density at radius 3 is 2.77 bits per heavy atom. The van der Waals surface area contributed by atoms with Crippen LogP contribution in [0.1, 0.15) is 36.0 Å². The molecular weight excluding hydrogens is 316 g/mol. The number of aryl methyl sites for hydroxylation is 2. The molecule has 5 nitrogen and oxygen atoms in total. The first kappa shape index (κ1) is 15.8. The zero-order valence-corrected chi connectivity index (χ0v) is 15.1. The standard InChI is InChI=1S/C15H22N4OS2/c1-10-6-16-13(21-10)8-19(14-17-11(2)18-22-14)7-12-5-15(3,4)9-20-12/h6,12H,5,7-9H2,1-4H3. The van der Waals surface area contributed by atoms with Crippen molar-refractivity contribution in [1.29, 1.82) is 0 Å². The lowest BCUT2D eigenvalue weighted by molar-refractivity contribution is 0.103. The van der Waals surface area contributed by atoms with Crippen molar-refractivity contribution in [2.45, 2.75) is 46.8 Å². The van der Waals surface area contributed by atoms with Crippen LogP contribution < -0.4 is 4.90 Å². The molecule has 1 aliphatic heterocycles. The molecule has 0 saturated carbocycles. The van der Waals surface area contributed by atoms with Crippen LogP contribution in [0.15, 0.2) is 6.20 Å². The number of nitrogens with zero attached hydrogens (tertiary/aromatic N) is 4. The van der Waals surface area contributed by atoms with Crippen molar-refractivity contribution in [2.75, 3.05) is 18.1 Å².